The van der Waals surface area contributed by atoms with Gasteiger partial charge in [-0.2, -0.15) is 0 Å². The number of furan rings is 1. The highest BCUT2D eigenvalue weighted by Crippen LogP contribution is 2.40. The van der Waals surface area contributed by atoms with Crippen LogP contribution in [0.15, 0.2) is 40.8 Å². The van der Waals surface area contributed by atoms with Crippen molar-refractivity contribution in [3.63, 3.8) is 0 Å². The third-order valence-electron chi connectivity index (χ3n) is 4.99. The Balaban J connectivity index is 1.86. The molecular weight excluding hydrogens is 393 g/mol. The van der Waals surface area contributed by atoms with Crippen LogP contribution in [-0.4, -0.2) is 57.7 Å². The zero-order chi connectivity index (χ0) is 21.1. The molecule has 3 aromatic rings. The summed E-state index contributed by atoms with van der Waals surface area (Å²) in [6.07, 6.45) is 0. The number of hydrogen-bond acceptors (Lipinski definition) is 6. The van der Waals surface area contributed by atoms with Gasteiger partial charge in [0.15, 0.2) is 0 Å². The maximum absolute atomic E-state index is 13.3. The third kappa shape index (κ3) is 3.96. The van der Waals surface area contributed by atoms with Crippen LogP contribution in [0.1, 0.15) is 10.4 Å². The molecule has 1 aliphatic heterocycles. The van der Waals surface area contributed by atoms with Crippen molar-refractivity contribution in [3.05, 3.63) is 47.8 Å². The number of carboxylic acids is 1. The average molecular weight is 415 g/mol. The molecule has 0 atom stereocenters. The first kappa shape index (κ1) is 20.2. The topological polar surface area (TPSA) is 81.4 Å². The first-order valence-corrected chi connectivity index (χ1v) is 9.62. The summed E-state index contributed by atoms with van der Waals surface area (Å²) >= 11 is 0. The lowest BCUT2D eigenvalue weighted by Gasteiger charge is -2.30. The zero-order valence-corrected chi connectivity index (χ0v) is 16.5. The minimum absolute atomic E-state index is 0.0155. The number of carbonyl (C=O) groups is 1. The van der Waals surface area contributed by atoms with Gasteiger partial charge in [-0.3, -0.25) is 0 Å². The molecular formula is C22H22FNO6. The van der Waals surface area contributed by atoms with Crippen LogP contribution in [0.25, 0.3) is 22.3 Å². The predicted octanol–water partition coefficient (Wildman–Crippen LogP) is 3.80. The number of fused-ring (bicyclic) bond motifs is 1. The second kappa shape index (κ2) is 8.73. The van der Waals surface area contributed by atoms with Crippen molar-refractivity contribution in [3.8, 4) is 17.1 Å². The van der Waals surface area contributed by atoms with Crippen LogP contribution in [-0.2, 0) is 9.47 Å². The first-order chi connectivity index (χ1) is 14.6. The molecule has 0 amide bonds. The molecule has 1 saturated heterocycles. The number of methoxy groups -OCH3 is 1. The average Bonchev–Trinajstić information content (AvgIpc) is 3.13. The summed E-state index contributed by atoms with van der Waals surface area (Å²) in [6.45, 7) is 3.28. The van der Waals surface area contributed by atoms with Gasteiger partial charge in [-0.05, 0) is 30.3 Å². The van der Waals surface area contributed by atoms with Gasteiger partial charge in [0.05, 0.1) is 25.5 Å². The molecule has 1 fully saturated rings. The van der Waals surface area contributed by atoms with E-state index in [0.717, 1.165) is 5.69 Å². The van der Waals surface area contributed by atoms with E-state index in [1.807, 2.05) is 0 Å². The summed E-state index contributed by atoms with van der Waals surface area (Å²) < 4.78 is 35.7. The van der Waals surface area contributed by atoms with Crippen molar-refractivity contribution >= 4 is 22.6 Å². The molecule has 4 rings (SSSR count). The second-order valence-electron chi connectivity index (χ2n) is 6.88. The van der Waals surface area contributed by atoms with E-state index in [2.05, 4.69) is 4.90 Å². The van der Waals surface area contributed by atoms with Gasteiger partial charge in [0.1, 0.15) is 35.1 Å². The Kier molecular flexibility index (Phi) is 5.87. The van der Waals surface area contributed by atoms with Gasteiger partial charge in [0.25, 0.3) is 0 Å². The molecule has 0 spiro atoms. The number of morpholine rings is 1. The fourth-order valence-electron chi connectivity index (χ4n) is 3.53. The summed E-state index contributed by atoms with van der Waals surface area (Å²) in [7, 11) is 1.59. The SMILES string of the molecule is COCCOc1cc2c(C(=O)O)c(-c3ccc(F)cc3)oc2cc1N1CCOCC1. The van der Waals surface area contributed by atoms with Gasteiger partial charge in [-0.15, -0.1) is 0 Å². The number of hydrogen-bond donors (Lipinski definition) is 1. The lowest BCUT2D eigenvalue weighted by molar-refractivity contribution is 0.0699. The van der Waals surface area contributed by atoms with Crippen LogP contribution in [0.2, 0.25) is 0 Å². The summed E-state index contributed by atoms with van der Waals surface area (Å²) in [5.41, 5.74) is 1.73. The Bertz CT molecular complexity index is 1040. The summed E-state index contributed by atoms with van der Waals surface area (Å²) in [4.78, 5) is 14.2. The van der Waals surface area contributed by atoms with Crippen molar-refractivity contribution in [2.75, 3.05) is 51.5 Å². The van der Waals surface area contributed by atoms with Gasteiger partial charge in [0.2, 0.25) is 0 Å². The van der Waals surface area contributed by atoms with Crippen LogP contribution in [0.4, 0.5) is 10.1 Å². The molecule has 0 unspecified atom stereocenters. The second-order valence-corrected chi connectivity index (χ2v) is 6.88. The number of carboxylic acid groups (broad SMARTS) is 1. The molecule has 0 bridgehead atoms. The molecule has 1 N–H and O–H groups in total. The molecule has 0 aliphatic carbocycles. The normalized spacial score (nSPS) is 14.3. The van der Waals surface area contributed by atoms with E-state index in [1.54, 1.807) is 19.2 Å². The number of halogens is 1. The Hall–Kier alpha value is -3.10. The Morgan fingerprint density at radius 3 is 2.57 bits per heavy atom. The lowest BCUT2D eigenvalue weighted by Crippen LogP contribution is -2.36. The Morgan fingerprint density at radius 1 is 1.17 bits per heavy atom. The van der Waals surface area contributed by atoms with Crippen LogP contribution in [0.5, 0.6) is 5.75 Å². The van der Waals surface area contributed by atoms with Crippen molar-refractivity contribution in [2.24, 2.45) is 0 Å². The zero-order valence-electron chi connectivity index (χ0n) is 16.5. The summed E-state index contributed by atoms with van der Waals surface area (Å²) in [6, 6.07) is 9.02. The largest absolute Gasteiger partial charge is 0.489 e. The molecule has 1 aromatic heterocycles. The predicted molar refractivity (Wildman–Crippen MR) is 109 cm³/mol. The Labute approximate surface area is 172 Å². The monoisotopic (exact) mass is 415 g/mol. The number of anilines is 1. The number of aromatic carboxylic acids is 1. The summed E-state index contributed by atoms with van der Waals surface area (Å²) in [5, 5.41) is 10.3. The van der Waals surface area contributed by atoms with Crippen molar-refractivity contribution in [1.29, 1.82) is 0 Å². The molecule has 7 nitrogen and oxygen atoms in total. The highest BCUT2D eigenvalue weighted by molar-refractivity contribution is 6.09. The molecule has 1 aliphatic rings. The molecule has 0 saturated carbocycles. The smallest absolute Gasteiger partial charge is 0.340 e. The van der Waals surface area contributed by atoms with Gasteiger partial charge in [-0.1, -0.05) is 0 Å². The highest BCUT2D eigenvalue weighted by atomic mass is 19.1. The van der Waals surface area contributed by atoms with Crippen LogP contribution >= 0.6 is 0 Å². The van der Waals surface area contributed by atoms with Crippen molar-refractivity contribution in [1.82, 2.24) is 0 Å². The fourth-order valence-corrected chi connectivity index (χ4v) is 3.53. The highest BCUT2D eigenvalue weighted by Gasteiger charge is 2.25. The first-order valence-electron chi connectivity index (χ1n) is 9.62. The number of rotatable bonds is 7. The lowest BCUT2D eigenvalue weighted by atomic mass is 10.0. The fraction of sp³-hybridized carbons (Fsp3) is 0.318. The van der Waals surface area contributed by atoms with Crippen LogP contribution in [0, 0.1) is 5.82 Å². The van der Waals surface area contributed by atoms with Crippen LogP contribution in [0.3, 0.4) is 0 Å². The van der Waals surface area contributed by atoms with Gasteiger partial charge in [-0.25, -0.2) is 9.18 Å². The molecule has 8 heteroatoms. The van der Waals surface area contributed by atoms with Crippen molar-refractivity contribution in [2.45, 2.75) is 0 Å². The van der Waals surface area contributed by atoms with E-state index in [1.165, 1.54) is 24.3 Å². The molecule has 158 valence electrons. The van der Waals surface area contributed by atoms with Gasteiger partial charge < -0.3 is 28.6 Å². The molecule has 2 heterocycles. The van der Waals surface area contributed by atoms with E-state index < -0.39 is 11.8 Å². The van der Waals surface area contributed by atoms with Crippen LogP contribution < -0.4 is 9.64 Å². The van der Waals surface area contributed by atoms with E-state index >= 15 is 0 Å². The standard InChI is InChI=1S/C22H22FNO6/c1-27-10-11-29-19-12-16-18(13-17(19)24-6-8-28-9-7-24)30-21(20(16)22(25)26)14-2-4-15(23)5-3-14/h2-5,12-13H,6-11H2,1H3,(H,25,26). The maximum Gasteiger partial charge on any atom is 0.340 e. The summed E-state index contributed by atoms with van der Waals surface area (Å²) in [5.74, 6) is -0.805. The van der Waals surface area contributed by atoms with E-state index in [9.17, 15) is 14.3 Å². The molecule has 2 aromatic carbocycles. The minimum atomic E-state index is -1.13. The van der Waals surface area contributed by atoms with E-state index in [-0.39, 0.29) is 11.3 Å². The number of nitrogens with zero attached hydrogens (tertiary/aromatic N) is 1. The minimum Gasteiger partial charge on any atom is -0.489 e. The third-order valence-corrected chi connectivity index (χ3v) is 4.99. The maximum atomic E-state index is 13.3. The molecule has 30 heavy (non-hydrogen) atoms. The Morgan fingerprint density at radius 2 is 1.90 bits per heavy atom. The van der Waals surface area contributed by atoms with E-state index in [4.69, 9.17) is 18.6 Å². The van der Waals surface area contributed by atoms with Gasteiger partial charge in [0, 0.05) is 37.2 Å². The van der Waals surface area contributed by atoms with E-state index in [0.29, 0.717) is 61.8 Å². The van der Waals surface area contributed by atoms with Crippen molar-refractivity contribution < 1.29 is 32.9 Å². The number of benzene rings is 2. The molecule has 0 radical (unpaired) electrons. The number of ether oxygens (including phenoxy) is 3. The van der Waals surface area contributed by atoms with Gasteiger partial charge >= 0.3 is 5.97 Å². The quantitative estimate of drug-likeness (QED) is 0.588.